The minimum absolute atomic E-state index is 0.0862. The number of benzene rings is 1. The lowest BCUT2D eigenvalue weighted by atomic mass is 9.74. The highest BCUT2D eigenvalue weighted by Gasteiger charge is 2.51. The van der Waals surface area contributed by atoms with Crippen LogP contribution in [0.3, 0.4) is 0 Å². The van der Waals surface area contributed by atoms with Crippen molar-refractivity contribution in [2.75, 3.05) is 27.3 Å². The summed E-state index contributed by atoms with van der Waals surface area (Å²) in [6, 6.07) is 8.22. The number of carbonyl (C=O) groups excluding carboxylic acids is 1. The Morgan fingerprint density at radius 2 is 2.08 bits per heavy atom. The molecule has 0 bridgehead atoms. The maximum Gasteiger partial charge on any atom is 0.254 e. The zero-order valence-electron chi connectivity index (χ0n) is 14.7. The summed E-state index contributed by atoms with van der Waals surface area (Å²) in [5.74, 6) is 1.51. The average molecular weight is 332 g/mol. The number of nitrogens with two attached hydrogens (primary N) is 1. The van der Waals surface area contributed by atoms with Gasteiger partial charge in [-0.25, -0.2) is 0 Å². The molecule has 5 heteroatoms. The van der Waals surface area contributed by atoms with Gasteiger partial charge in [0.2, 0.25) is 0 Å². The second-order valence-electron chi connectivity index (χ2n) is 7.14. The molecule has 1 saturated carbocycles. The largest absolute Gasteiger partial charge is 0.496 e. The molecule has 132 valence electrons. The van der Waals surface area contributed by atoms with E-state index >= 15 is 0 Å². The van der Waals surface area contributed by atoms with Gasteiger partial charge in [-0.3, -0.25) is 4.79 Å². The van der Waals surface area contributed by atoms with E-state index in [-0.39, 0.29) is 11.9 Å². The zero-order valence-corrected chi connectivity index (χ0v) is 14.7. The van der Waals surface area contributed by atoms with Crippen molar-refractivity contribution in [3.8, 4) is 5.75 Å². The normalized spacial score (nSPS) is 29.9. The van der Waals surface area contributed by atoms with Gasteiger partial charge < -0.3 is 20.1 Å². The Kier molecular flexibility index (Phi) is 5.11. The van der Waals surface area contributed by atoms with E-state index < -0.39 is 5.60 Å². The highest BCUT2D eigenvalue weighted by molar-refractivity contribution is 5.86. The zero-order chi connectivity index (χ0) is 17.2. The van der Waals surface area contributed by atoms with Gasteiger partial charge in [-0.1, -0.05) is 18.2 Å². The van der Waals surface area contributed by atoms with E-state index in [0.717, 1.165) is 38.1 Å². The van der Waals surface area contributed by atoms with Gasteiger partial charge in [0.05, 0.1) is 7.11 Å². The third-order valence-electron chi connectivity index (χ3n) is 5.47. The third-order valence-corrected chi connectivity index (χ3v) is 5.47. The van der Waals surface area contributed by atoms with Crippen LogP contribution in [-0.2, 0) is 16.0 Å². The van der Waals surface area contributed by atoms with Crippen LogP contribution in [0.1, 0.15) is 31.2 Å². The SMILES string of the molecule is COc1ccccc1CC1CCCN(C(=O)C2(OC)CC(N)C2)C1. The van der Waals surface area contributed by atoms with Gasteiger partial charge in [-0.2, -0.15) is 0 Å². The summed E-state index contributed by atoms with van der Waals surface area (Å²) in [6.07, 6.45) is 4.39. The minimum Gasteiger partial charge on any atom is -0.496 e. The van der Waals surface area contributed by atoms with Crippen molar-refractivity contribution in [1.29, 1.82) is 0 Å². The maximum absolute atomic E-state index is 12.9. The van der Waals surface area contributed by atoms with E-state index in [2.05, 4.69) is 6.07 Å². The first kappa shape index (κ1) is 17.2. The molecule has 2 aliphatic rings. The first-order valence-electron chi connectivity index (χ1n) is 8.80. The predicted molar refractivity (Wildman–Crippen MR) is 93.0 cm³/mol. The Bertz CT molecular complexity index is 584. The van der Waals surface area contributed by atoms with Crippen LogP contribution in [-0.4, -0.2) is 49.8 Å². The van der Waals surface area contributed by atoms with Crippen LogP contribution in [0.25, 0.3) is 0 Å². The monoisotopic (exact) mass is 332 g/mol. The summed E-state index contributed by atoms with van der Waals surface area (Å²) < 4.78 is 11.0. The minimum atomic E-state index is -0.675. The molecule has 1 heterocycles. The molecule has 3 rings (SSSR count). The van der Waals surface area contributed by atoms with E-state index in [1.54, 1.807) is 14.2 Å². The molecule has 1 aliphatic heterocycles. The number of ether oxygens (including phenoxy) is 2. The molecule has 5 nitrogen and oxygen atoms in total. The Morgan fingerprint density at radius 1 is 1.33 bits per heavy atom. The maximum atomic E-state index is 12.9. The van der Waals surface area contributed by atoms with Gasteiger partial charge in [-0.15, -0.1) is 0 Å². The van der Waals surface area contributed by atoms with Crippen molar-refractivity contribution in [3.63, 3.8) is 0 Å². The summed E-state index contributed by atoms with van der Waals surface area (Å²) in [6.45, 7) is 1.61. The van der Waals surface area contributed by atoms with Gasteiger partial charge in [0.15, 0.2) is 0 Å². The quantitative estimate of drug-likeness (QED) is 0.895. The van der Waals surface area contributed by atoms with Crippen LogP contribution in [0, 0.1) is 5.92 Å². The molecule has 2 N–H and O–H groups in total. The number of hydrogen-bond donors (Lipinski definition) is 1. The topological polar surface area (TPSA) is 64.8 Å². The summed E-state index contributed by atoms with van der Waals surface area (Å²) >= 11 is 0. The van der Waals surface area contributed by atoms with Crippen molar-refractivity contribution in [2.24, 2.45) is 11.7 Å². The van der Waals surface area contributed by atoms with Crippen molar-refractivity contribution in [2.45, 2.75) is 43.7 Å². The van der Waals surface area contributed by atoms with E-state index in [0.29, 0.717) is 18.8 Å². The molecule has 1 aromatic carbocycles. The summed E-state index contributed by atoms with van der Waals surface area (Å²) in [7, 11) is 3.33. The van der Waals surface area contributed by atoms with Crippen LogP contribution in [0.4, 0.5) is 0 Å². The second kappa shape index (κ2) is 7.11. The number of carbonyl (C=O) groups is 1. The molecule has 0 aromatic heterocycles. The fraction of sp³-hybridized carbons (Fsp3) is 0.632. The number of likely N-dealkylation sites (tertiary alicyclic amines) is 1. The number of hydrogen-bond acceptors (Lipinski definition) is 4. The molecule has 0 radical (unpaired) electrons. The van der Waals surface area contributed by atoms with Gasteiger partial charge in [0.1, 0.15) is 11.4 Å². The fourth-order valence-corrected chi connectivity index (χ4v) is 4.10. The van der Waals surface area contributed by atoms with Gasteiger partial charge in [0.25, 0.3) is 5.91 Å². The molecule has 0 spiro atoms. The number of nitrogens with zero attached hydrogens (tertiary/aromatic N) is 1. The molecule has 1 saturated heterocycles. The van der Waals surface area contributed by atoms with Crippen LogP contribution in [0.15, 0.2) is 24.3 Å². The molecule has 1 aromatic rings. The Morgan fingerprint density at radius 3 is 2.75 bits per heavy atom. The molecule has 1 amide bonds. The third kappa shape index (κ3) is 3.28. The molecular weight excluding hydrogens is 304 g/mol. The number of methoxy groups -OCH3 is 2. The smallest absolute Gasteiger partial charge is 0.254 e. The van der Waals surface area contributed by atoms with E-state index in [1.165, 1.54) is 5.56 Å². The molecule has 24 heavy (non-hydrogen) atoms. The van der Waals surface area contributed by atoms with E-state index in [9.17, 15) is 4.79 Å². The average Bonchev–Trinajstić information content (AvgIpc) is 2.59. The lowest BCUT2D eigenvalue weighted by Crippen LogP contribution is -2.63. The Balaban J connectivity index is 1.65. The lowest BCUT2D eigenvalue weighted by molar-refractivity contribution is -0.170. The first-order valence-corrected chi connectivity index (χ1v) is 8.80. The van der Waals surface area contributed by atoms with Crippen molar-refractivity contribution < 1.29 is 14.3 Å². The summed E-state index contributed by atoms with van der Waals surface area (Å²) in [5, 5.41) is 0. The standard InChI is InChI=1S/C19H28N2O3/c1-23-17-8-4-3-7-15(17)10-14-6-5-9-21(13-14)18(22)19(24-2)11-16(20)12-19/h3-4,7-8,14,16H,5-6,9-13,20H2,1-2H3. The van der Waals surface area contributed by atoms with Crippen molar-refractivity contribution in [1.82, 2.24) is 4.90 Å². The first-order chi connectivity index (χ1) is 11.6. The molecule has 1 aliphatic carbocycles. The fourth-order valence-electron chi connectivity index (χ4n) is 4.10. The Hall–Kier alpha value is -1.59. The summed E-state index contributed by atoms with van der Waals surface area (Å²) in [4.78, 5) is 14.9. The van der Waals surface area contributed by atoms with Crippen LogP contribution < -0.4 is 10.5 Å². The highest BCUT2D eigenvalue weighted by atomic mass is 16.5. The van der Waals surface area contributed by atoms with Crippen molar-refractivity contribution in [3.05, 3.63) is 29.8 Å². The van der Waals surface area contributed by atoms with Crippen LogP contribution in [0.2, 0.25) is 0 Å². The number of para-hydroxylation sites is 1. The second-order valence-corrected chi connectivity index (χ2v) is 7.14. The number of rotatable bonds is 5. The van der Waals surface area contributed by atoms with Gasteiger partial charge >= 0.3 is 0 Å². The highest BCUT2D eigenvalue weighted by Crippen LogP contribution is 2.37. The van der Waals surface area contributed by atoms with Crippen LogP contribution >= 0.6 is 0 Å². The summed E-state index contributed by atoms with van der Waals surface area (Å²) in [5.41, 5.74) is 6.43. The Labute approximate surface area is 144 Å². The van der Waals surface area contributed by atoms with Crippen LogP contribution in [0.5, 0.6) is 5.75 Å². The lowest BCUT2D eigenvalue weighted by Gasteiger charge is -2.47. The van der Waals surface area contributed by atoms with E-state index in [4.69, 9.17) is 15.2 Å². The number of amides is 1. The van der Waals surface area contributed by atoms with Crippen molar-refractivity contribution >= 4 is 5.91 Å². The molecule has 2 fully saturated rings. The van der Waals surface area contributed by atoms with E-state index in [1.807, 2.05) is 23.1 Å². The van der Waals surface area contributed by atoms with Gasteiger partial charge in [0, 0.05) is 39.1 Å². The molecular formula is C19H28N2O3. The molecule has 1 unspecified atom stereocenters. The predicted octanol–water partition coefficient (Wildman–Crippen LogP) is 1.98. The van der Waals surface area contributed by atoms with Gasteiger partial charge in [-0.05, 0) is 36.8 Å². The number of piperidine rings is 1. The molecule has 1 atom stereocenters.